The Labute approximate surface area is 494 Å². The Balaban J connectivity index is 4.10. The van der Waals surface area contributed by atoms with Gasteiger partial charge in [-0.15, -0.1) is 0 Å². The van der Waals surface area contributed by atoms with Crippen LogP contribution in [0.25, 0.3) is 0 Å². The standard InChI is InChI=1S/C71H125N2O6P/c1-6-8-10-12-14-16-18-20-22-24-26-27-28-29-30-31-32-33-34-35-36-37-38-39-40-41-42-43-44-45-47-49-51-53-55-57-59-61-63-65-71(75)72-69(68-79-80(76,77)78-67-66-73(3,4)5)70(74)64-62-60-58-56-54-52-50-48-46-25-23-21-19-17-15-13-11-9-7-2/h8,10,14,16,20,22,26-27,29-30,32-33,35-36,38-39,54,56,62,64,69-70,74H,6-7,9,11-13,15,17-19,21,23-25,28,31,34,37,40-53,55,57-61,63,65-68H2,1-5H3,(H-,72,75,76,77)/p+1/b10-8-,16-14-,22-20-,27-26-,30-29-,33-32-,36-35-,39-38-,56-54+,64-62+. The molecular weight excluding hydrogens is 1010 g/mol. The largest absolute Gasteiger partial charge is 0.472 e. The number of allylic oxidation sites excluding steroid dienone is 19. The molecule has 0 saturated carbocycles. The summed E-state index contributed by atoms with van der Waals surface area (Å²) in [6.45, 7) is 4.69. The van der Waals surface area contributed by atoms with Crippen LogP contribution in [-0.4, -0.2) is 73.4 Å². The quantitative estimate of drug-likeness (QED) is 0.0243. The third-order valence-corrected chi connectivity index (χ3v) is 15.1. The highest BCUT2D eigenvalue weighted by Crippen LogP contribution is 2.43. The maximum atomic E-state index is 13.0. The van der Waals surface area contributed by atoms with E-state index in [4.69, 9.17) is 9.05 Å². The molecule has 0 spiro atoms. The van der Waals surface area contributed by atoms with Crippen molar-refractivity contribution in [3.05, 3.63) is 122 Å². The molecule has 0 fully saturated rings. The van der Waals surface area contributed by atoms with Gasteiger partial charge in [-0.25, -0.2) is 4.57 Å². The van der Waals surface area contributed by atoms with Crippen molar-refractivity contribution in [1.29, 1.82) is 0 Å². The molecule has 3 N–H and O–H groups in total. The summed E-state index contributed by atoms with van der Waals surface area (Å²) in [5.74, 6) is -0.190. The van der Waals surface area contributed by atoms with Gasteiger partial charge in [-0.3, -0.25) is 13.8 Å². The van der Waals surface area contributed by atoms with E-state index in [1.807, 2.05) is 27.2 Å². The Bertz CT molecular complexity index is 1720. The van der Waals surface area contributed by atoms with Crippen LogP contribution in [0.15, 0.2) is 122 Å². The van der Waals surface area contributed by atoms with Gasteiger partial charge in [-0.2, -0.15) is 0 Å². The second kappa shape index (κ2) is 60.5. The van der Waals surface area contributed by atoms with E-state index in [1.54, 1.807) is 6.08 Å². The fourth-order valence-electron chi connectivity index (χ4n) is 9.07. The van der Waals surface area contributed by atoms with Crippen LogP contribution in [0.4, 0.5) is 0 Å². The van der Waals surface area contributed by atoms with Gasteiger partial charge in [0.1, 0.15) is 13.2 Å². The van der Waals surface area contributed by atoms with E-state index in [0.29, 0.717) is 17.4 Å². The highest BCUT2D eigenvalue weighted by molar-refractivity contribution is 7.47. The number of amides is 1. The molecule has 8 nitrogen and oxygen atoms in total. The molecule has 0 aliphatic rings. The number of nitrogens with one attached hydrogen (secondary N) is 1. The summed E-state index contributed by atoms with van der Waals surface area (Å²) in [7, 11) is 1.55. The van der Waals surface area contributed by atoms with E-state index < -0.39 is 20.0 Å². The fraction of sp³-hybridized carbons (Fsp3) is 0.704. The lowest BCUT2D eigenvalue weighted by molar-refractivity contribution is -0.870. The van der Waals surface area contributed by atoms with Crippen LogP contribution in [0, 0.1) is 0 Å². The summed E-state index contributed by atoms with van der Waals surface area (Å²) in [5.41, 5.74) is 0. The summed E-state index contributed by atoms with van der Waals surface area (Å²) in [4.78, 5) is 23.4. The Morgan fingerprint density at radius 2 is 0.762 bits per heavy atom. The van der Waals surface area contributed by atoms with Crippen molar-refractivity contribution >= 4 is 13.7 Å². The number of carbonyl (C=O) groups excluding carboxylic acids is 1. The molecule has 0 aromatic rings. The second-order valence-corrected chi connectivity index (χ2v) is 24.6. The lowest BCUT2D eigenvalue weighted by Crippen LogP contribution is -2.45. The van der Waals surface area contributed by atoms with Gasteiger partial charge in [0.05, 0.1) is 39.9 Å². The van der Waals surface area contributed by atoms with Gasteiger partial charge in [0.2, 0.25) is 5.91 Å². The van der Waals surface area contributed by atoms with Crippen LogP contribution in [-0.2, 0) is 18.4 Å². The molecule has 3 atom stereocenters. The first kappa shape index (κ1) is 76.9. The van der Waals surface area contributed by atoms with E-state index in [2.05, 4.69) is 129 Å². The summed E-state index contributed by atoms with van der Waals surface area (Å²) < 4.78 is 23.7. The Kier molecular flexibility index (Phi) is 58.1. The van der Waals surface area contributed by atoms with Gasteiger partial charge in [-0.1, -0.05) is 289 Å². The first-order valence-electron chi connectivity index (χ1n) is 32.9. The van der Waals surface area contributed by atoms with Gasteiger partial charge in [0.25, 0.3) is 0 Å². The number of likely N-dealkylation sites (N-methyl/N-ethyl adjacent to an activating group) is 1. The first-order valence-corrected chi connectivity index (χ1v) is 34.4. The van der Waals surface area contributed by atoms with Gasteiger partial charge in [0.15, 0.2) is 0 Å². The van der Waals surface area contributed by atoms with E-state index in [-0.39, 0.29) is 19.1 Å². The van der Waals surface area contributed by atoms with E-state index in [0.717, 1.165) is 89.9 Å². The average Bonchev–Trinajstić information content (AvgIpc) is 3.42. The Hall–Kier alpha value is -3.10. The predicted octanol–water partition coefficient (Wildman–Crippen LogP) is 20.9. The van der Waals surface area contributed by atoms with Crippen molar-refractivity contribution in [2.24, 2.45) is 0 Å². The zero-order valence-electron chi connectivity index (χ0n) is 52.5. The number of phosphoric ester groups is 1. The maximum Gasteiger partial charge on any atom is 0.472 e. The molecule has 460 valence electrons. The molecular formula is C71H126N2O6P+. The molecule has 0 heterocycles. The number of carbonyl (C=O) groups is 1. The number of nitrogens with zero attached hydrogens (tertiary/aromatic N) is 1. The van der Waals surface area contributed by atoms with Crippen molar-refractivity contribution in [3.63, 3.8) is 0 Å². The fourth-order valence-corrected chi connectivity index (χ4v) is 9.81. The molecule has 1 amide bonds. The van der Waals surface area contributed by atoms with Crippen LogP contribution < -0.4 is 5.32 Å². The molecule has 0 aromatic carbocycles. The molecule has 0 aromatic heterocycles. The minimum Gasteiger partial charge on any atom is -0.387 e. The van der Waals surface area contributed by atoms with Crippen molar-refractivity contribution in [2.75, 3.05) is 40.9 Å². The summed E-state index contributed by atoms with van der Waals surface area (Å²) in [6, 6.07) is -0.871. The van der Waals surface area contributed by atoms with E-state index in [1.165, 1.54) is 161 Å². The zero-order chi connectivity index (χ0) is 58.4. The van der Waals surface area contributed by atoms with Gasteiger partial charge < -0.3 is 19.8 Å². The normalized spacial score (nSPS) is 14.5. The average molecular weight is 1130 g/mol. The summed E-state index contributed by atoms with van der Waals surface area (Å²) >= 11 is 0. The summed E-state index contributed by atoms with van der Waals surface area (Å²) in [6.07, 6.45) is 90.4. The van der Waals surface area contributed by atoms with Crippen molar-refractivity contribution < 1.29 is 32.9 Å². The minimum absolute atomic E-state index is 0.0520. The molecule has 0 radical (unpaired) electrons. The lowest BCUT2D eigenvalue weighted by atomic mass is 10.0. The summed E-state index contributed by atoms with van der Waals surface area (Å²) in [5, 5.41) is 13.9. The number of aliphatic hydroxyl groups excluding tert-OH is 1. The van der Waals surface area contributed by atoms with E-state index in [9.17, 15) is 19.4 Å². The molecule has 0 rings (SSSR count). The van der Waals surface area contributed by atoms with E-state index >= 15 is 0 Å². The smallest absolute Gasteiger partial charge is 0.387 e. The molecule has 3 unspecified atom stereocenters. The monoisotopic (exact) mass is 1130 g/mol. The van der Waals surface area contributed by atoms with Gasteiger partial charge in [0, 0.05) is 6.42 Å². The number of aliphatic hydroxyl groups is 1. The number of phosphoric acid groups is 1. The highest BCUT2D eigenvalue weighted by atomic mass is 31.2. The number of rotatable bonds is 59. The topological polar surface area (TPSA) is 105 Å². The number of unbranched alkanes of at least 4 members (excludes halogenated alkanes) is 28. The second-order valence-electron chi connectivity index (χ2n) is 23.1. The molecule has 80 heavy (non-hydrogen) atoms. The van der Waals surface area contributed by atoms with Crippen LogP contribution in [0.2, 0.25) is 0 Å². The van der Waals surface area contributed by atoms with Crippen LogP contribution >= 0.6 is 7.82 Å². The molecule has 0 aliphatic heterocycles. The third-order valence-electron chi connectivity index (χ3n) is 14.2. The number of hydrogen-bond acceptors (Lipinski definition) is 5. The van der Waals surface area contributed by atoms with Crippen molar-refractivity contribution in [2.45, 2.75) is 283 Å². The zero-order valence-corrected chi connectivity index (χ0v) is 53.4. The highest BCUT2D eigenvalue weighted by Gasteiger charge is 2.27. The molecule has 0 saturated heterocycles. The number of hydrogen-bond donors (Lipinski definition) is 3. The Morgan fingerprint density at radius 3 is 1.15 bits per heavy atom. The number of quaternary nitrogens is 1. The van der Waals surface area contributed by atoms with Crippen LogP contribution in [0.1, 0.15) is 271 Å². The van der Waals surface area contributed by atoms with Gasteiger partial charge in [-0.05, 0) is 96.3 Å². The first-order chi connectivity index (χ1) is 39.0. The lowest BCUT2D eigenvalue weighted by Gasteiger charge is -2.25. The minimum atomic E-state index is -4.36. The SMILES string of the molecule is CC/C=C\C/C=C\C/C=C\C/C=C\C/C=C\C/C=C\C/C=C\C/C=C\CCCCCCCCCCCCCCCCC(=O)NC(COP(=O)(O)OCC[N+](C)(C)C)C(O)/C=C/CC/C=C/CCCCCCCCCCCCCCC. The van der Waals surface area contributed by atoms with Crippen molar-refractivity contribution in [3.8, 4) is 0 Å². The van der Waals surface area contributed by atoms with Crippen LogP contribution in [0.5, 0.6) is 0 Å². The molecule has 9 heteroatoms. The maximum absolute atomic E-state index is 13.0. The molecule has 0 aliphatic carbocycles. The molecule has 0 bridgehead atoms. The Morgan fingerprint density at radius 1 is 0.438 bits per heavy atom. The predicted molar refractivity (Wildman–Crippen MR) is 350 cm³/mol. The van der Waals surface area contributed by atoms with Crippen LogP contribution in [0.3, 0.4) is 0 Å². The van der Waals surface area contributed by atoms with Gasteiger partial charge >= 0.3 is 7.82 Å². The third kappa shape index (κ3) is 62.5. The van der Waals surface area contributed by atoms with Crippen molar-refractivity contribution in [1.82, 2.24) is 5.32 Å².